The van der Waals surface area contributed by atoms with E-state index in [1.165, 1.54) is 10.8 Å². The van der Waals surface area contributed by atoms with E-state index in [-0.39, 0.29) is 0 Å². The SMILES string of the molecule is c1ccc(-c2nc3c(ccc4oc5ccc6ccc(-c7nc(-c8ccc(-n9c%10ccccc%10c%10ccccc%109)cc8)nc(-c8ccccc8-c8ccccc8)n7)cc6c5c43)s2)cc1. The van der Waals surface area contributed by atoms with Crippen LogP contribution in [-0.4, -0.2) is 24.5 Å². The third-order valence-corrected chi connectivity index (χ3v) is 13.2. The largest absolute Gasteiger partial charge is 0.456 e. The zero-order valence-electron chi connectivity index (χ0n) is 33.6. The molecule has 4 aromatic heterocycles. The van der Waals surface area contributed by atoms with E-state index in [2.05, 4.69) is 187 Å². The number of furan rings is 1. The fourth-order valence-electron chi connectivity index (χ4n) is 9.17. The molecule has 294 valence electrons. The van der Waals surface area contributed by atoms with Gasteiger partial charge in [0, 0.05) is 44.1 Å². The van der Waals surface area contributed by atoms with Crippen LogP contribution in [0.2, 0.25) is 0 Å². The highest BCUT2D eigenvalue weighted by atomic mass is 32.1. The van der Waals surface area contributed by atoms with Crippen LogP contribution in [0.15, 0.2) is 205 Å². The van der Waals surface area contributed by atoms with Crippen LogP contribution in [0, 0.1) is 0 Å². The summed E-state index contributed by atoms with van der Waals surface area (Å²) >= 11 is 1.70. The summed E-state index contributed by atoms with van der Waals surface area (Å²) in [5, 5.41) is 7.63. The summed E-state index contributed by atoms with van der Waals surface area (Å²) in [4.78, 5) is 21.0. The number of aromatic nitrogens is 5. The summed E-state index contributed by atoms with van der Waals surface area (Å²) in [5.74, 6) is 1.78. The van der Waals surface area contributed by atoms with Crippen molar-refractivity contribution in [3.8, 4) is 61.5 Å². The zero-order chi connectivity index (χ0) is 41.4. The van der Waals surface area contributed by atoms with E-state index >= 15 is 0 Å². The fraction of sp³-hybridized carbons (Fsp3) is 0. The predicted octanol–water partition coefficient (Wildman–Crippen LogP) is 15.0. The Labute approximate surface area is 365 Å². The van der Waals surface area contributed by atoms with Gasteiger partial charge in [0.05, 0.1) is 26.6 Å². The third kappa shape index (κ3) is 5.78. The van der Waals surface area contributed by atoms with Gasteiger partial charge < -0.3 is 8.98 Å². The molecule has 0 radical (unpaired) electrons. The summed E-state index contributed by atoms with van der Waals surface area (Å²) in [7, 11) is 0. The number of para-hydroxylation sites is 2. The molecule has 0 N–H and O–H groups in total. The Morgan fingerprint density at radius 1 is 0.397 bits per heavy atom. The monoisotopic (exact) mass is 823 g/mol. The van der Waals surface area contributed by atoms with Crippen molar-refractivity contribution in [2.75, 3.05) is 0 Å². The van der Waals surface area contributed by atoms with Crippen LogP contribution in [0.25, 0.3) is 126 Å². The highest BCUT2D eigenvalue weighted by molar-refractivity contribution is 7.21. The first-order chi connectivity index (χ1) is 31.2. The zero-order valence-corrected chi connectivity index (χ0v) is 34.4. The van der Waals surface area contributed by atoms with E-state index in [0.717, 1.165) is 98.0 Å². The number of fused-ring (bicyclic) bond motifs is 10. The summed E-state index contributed by atoms with van der Waals surface area (Å²) < 4.78 is 9.99. The molecule has 4 heterocycles. The van der Waals surface area contributed by atoms with Gasteiger partial charge in [-0.1, -0.05) is 140 Å². The number of rotatable bonds is 6. The van der Waals surface area contributed by atoms with Crippen molar-refractivity contribution in [3.05, 3.63) is 200 Å². The van der Waals surface area contributed by atoms with Crippen molar-refractivity contribution in [3.63, 3.8) is 0 Å². The molecule has 13 aromatic rings. The first-order valence-electron chi connectivity index (χ1n) is 21.0. The lowest BCUT2D eigenvalue weighted by Crippen LogP contribution is -2.01. The molecule has 0 bridgehead atoms. The lowest BCUT2D eigenvalue weighted by Gasteiger charge is -2.13. The molecule has 13 rings (SSSR count). The summed E-state index contributed by atoms with van der Waals surface area (Å²) in [6, 6.07) is 69.7. The van der Waals surface area contributed by atoms with Gasteiger partial charge >= 0.3 is 0 Å². The van der Waals surface area contributed by atoms with Gasteiger partial charge in [0.25, 0.3) is 0 Å². The van der Waals surface area contributed by atoms with Crippen LogP contribution < -0.4 is 0 Å². The van der Waals surface area contributed by atoms with Gasteiger partial charge in [-0.2, -0.15) is 0 Å². The minimum Gasteiger partial charge on any atom is -0.456 e. The molecular weight excluding hydrogens is 791 g/mol. The van der Waals surface area contributed by atoms with Gasteiger partial charge in [-0.3, -0.25) is 0 Å². The molecule has 0 aliphatic carbocycles. The van der Waals surface area contributed by atoms with Gasteiger partial charge in [-0.25, -0.2) is 19.9 Å². The molecule has 63 heavy (non-hydrogen) atoms. The van der Waals surface area contributed by atoms with Crippen molar-refractivity contribution in [1.29, 1.82) is 0 Å². The van der Waals surface area contributed by atoms with Crippen molar-refractivity contribution in [2.45, 2.75) is 0 Å². The molecule has 0 amide bonds. The van der Waals surface area contributed by atoms with Gasteiger partial charge in [0.1, 0.15) is 16.2 Å². The van der Waals surface area contributed by atoms with E-state index in [0.29, 0.717) is 17.5 Å². The van der Waals surface area contributed by atoms with E-state index < -0.39 is 0 Å². The van der Waals surface area contributed by atoms with Crippen molar-refractivity contribution < 1.29 is 4.42 Å². The normalized spacial score (nSPS) is 11.8. The summed E-state index contributed by atoms with van der Waals surface area (Å²) in [6.07, 6.45) is 0. The highest BCUT2D eigenvalue weighted by Gasteiger charge is 2.20. The Hall–Kier alpha value is -8.26. The number of hydrogen-bond donors (Lipinski definition) is 0. The van der Waals surface area contributed by atoms with Gasteiger partial charge in [0.15, 0.2) is 17.5 Å². The first-order valence-corrected chi connectivity index (χ1v) is 21.8. The lowest BCUT2D eigenvalue weighted by molar-refractivity contribution is 0.669. The number of benzene rings is 9. The average molecular weight is 824 g/mol. The van der Waals surface area contributed by atoms with Crippen LogP contribution in [0.3, 0.4) is 0 Å². The molecule has 7 heteroatoms. The maximum absolute atomic E-state index is 6.54. The second-order valence-corrected chi connectivity index (χ2v) is 16.8. The van der Waals surface area contributed by atoms with Crippen LogP contribution in [-0.2, 0) is 0 Å². The van der Waals surface area contributed by atoms with Gasteiger partial charge in [-0.15, -0.1) is 11.3 Å². The third-order valence-electron chi connectivity index (χ3n) is 12.1. The Morgan fingerprint density at radius 2 is 0.968 bits per heavy atom. The Bertz CT molecular complexity index is 3850. The topological polar surface area (TPSA) is 69.6 Å². The van der Waals surface area contributed by atoms with Gasteiger partial charge in [0.2, 0.25) is 0 Å². The van der Waals surface area contributed by atoms with E-state index in [1.54, 1.807) is 11.3 Å². The minimum atomic E-state index is 0.584. The number of hydrogen-bond acceptors (Lipinski definition) is 6. The number of nitrogens with zero attached hydrogens (tertiary/aromatic N) is 5. The predicted molar refractivity (Wildman–Crippen MR) is 259 cm³/mol. The van der Waals surface area contributed by atoms with Crippen LogP contribution in [0.1, 0.15) is 0 Å². The average Bonchev–Trinajstić information content (AvgIpc) is 4.07. The smallest absolute Gasteiger partial charge is 0.164 e. The molecule has 0 atom stereocenters. The summed E-state index contributed by atoms with van der Waals surface area (Å²) in [6.45, 7) is 0. The first kappa shape index (κ1) is 35.5. The van der Waals surface area contributed by atoms with Crippen molar-refractivity contribution in [1.82, 2.24) is 24.5 Å². The Morgan fingerprint density at radius 3 is 1.71 bits per heavy atom. The molecule has 0 unspecified atom stereocenters. The lowest BCUT2D eigenvalue weighted by atomic mass is 9.99. The second-order valence-electron chi connectivity index (χ2n) is 15.8. The second kappa shape index (κ2) is 14.2. The van der Waals surface area contributed by atoms with E-state index in [4.69, 9.17) is 24.4 Å². The molecule has 6 nitrogen and oxygen atoms in total. The maximum atomic E-state index is 6.54. The van der Waals surface area contributed by atoms with Gasteiger partial charge in [-0.05, 0) is 82.6 Å². The highest BCUT2D eigenvalue weighted by Crippen LogP contribution is 2.43. The van der Waals surface area contributed by atoms with Crippen molar-refractivity contribution in [2.24, 2.45) is 0 Å². The molecule has 0 fully saturated rings. The Kier molecular flexibility index (Phi) is 7.98. The van der Waals surface area contributed by atoms with Crippen LogP contribution >= 0.6 is 11.3 Å². The van der Waals surface area contributed by atoms with E-state index in [1.807, 2.05) is 18.2 Å². The molecule has 0 saturated carbocycles. The van der Waals surface area contributed by atoms with Crippen molar-refractivity contribution >= 4 is 76.1 Å². The Balaban J connectivity index is 1.00. The quantitative estimate of drug-likeness (QED) is 0.167. The minimum absolute atomic E-state index is 0.584. The fourth-order valence-corrected chi connectivity index (χ4v) is 10.1. The molecule has 0 saturated heterocycles. The number of thiazole rings is 1. The molecule has 9 aromatic carbocycles. The standard InChI is InChI=1S/C56H33N5OS/c1-3-13-34(14-4-1)40-17-7-8-20-43(40)55-59-53(36-25-28-39(29-26-36)61-45-21-11-9-18-41(45)42-19-10-12-22-46(42)61)58-54(60-55)38-24-23-35-27-30-47-50(44(35)33-38)51-48(62-47)31-32-49-52(51)57-56(63-49)37-15-5-2-6-16-37/h1-33H. The van der Waals surface area contributed by atoms with Crippen LogP contribution in [0.4, 0.5) is 0 Å². The van der Waals surface area contributed by atoms with Crippen LogP contribution in [0.5, 0.6) is 0 Å². The molecule has 0 aliphatic rings. The van der Waals surface area contributed by atoms with E-state index in [9.17, 15) is 0 Å². The molecule has 0 aliphatic heterocycles. The maximum Gasteiger partial charge on any atom is 0.164 e. The summed E-state index contributed by atoms with van der Waals surface area (Å²) in [5.41, 5.74) is 11.9. The molecular formula is C56H33N5OS. The molecule has 0 spiro atoms.